The summed E-state index contributed by atoms with van der Waals surface area (Å²) in [5, 5.41) is 105. The molecule has 0 saturated carbocycles. The smallest absolute Gasteiger partial charge is 0.364 e. The van der Waals surface area contributed by atoms with Crippen LogP contribution in [0, 0.1) is 0 Å². The number of nitrogens with one attached hydrogen (secondary N) is 6. The van der Waals surface area contributed by atoms with Gasteiger partial charge < -0.3 is 91.7 Å². The first-order chi connectivity index (χ1) is 44.2. The van der Waals surface area contributed by atoms with Gasteiger partial charge >= 0.3 is 11.9 Å². The summed E-state index contributed by atoms with van der Waals surface area (Å²) in [5.41, 5.74) is 6.46. The van der Waals surface area contributed by atoms with Crippen LogP contribution in [0.15, 0.2) is 133 Å². The first kappa shape index (κ1) is 72.6. The van der Waals surface area contributed by atoms with Gasteiger partial charge in [0.1, 0.15) is 24.4 Å². The molecule has 2 aliphatic rings. The number of aliphatic hydroxyl groups excluding tert-OH is 6. The number of hydrogen-bond donors (Lipinski definition) is 14. The lowest BCUT2D eigenvalue weighted by Gasteiger charge is -2.46. The second-order valence-electron chi connectivity index (χ2n) is 22.5. The molecule has 2 saturated heterocycles. The molecule has 26 heteroatoms. The lowest BCUT2D eigenvalue weighted by atomic mass is 9.88. The minimum Gasteiger partial charge on any atom is -0.477 e. The van der Waals surface area contributed by atoms with Gasteiger partial charge in [-0.3, -0.25) is 19.2 Å². The van der Waals surface area contributed by atoms with Gasteiger partial charge in [-0.05, 0) is 82.0 Å². The molecule has 2 unspecified atom stereocenters. The molecule has 14 N–H and O–H groups in total. The second kappa shape index (κ2) is 36.0. The first-order valence-electron chi connectivity index (χ1n) is 30.4. The first-order valence-corrected chi connectivity index (χ1v) is 32.7. The molecule has 5 aromatic rings. The zero-order valence-corrected chi connectivity index (χ0v) is 52.9. The fraction of sp³-hybridized carbons (Fsp3) is 0.455. The fourth-order valence-corrected chi connectivity index (χ4v) is 12.2. The van der Waals surface area contributed by atoms with E-state index in [0.29, 0.717) is 61.7 Å². The topological polar surface area (TPSA) is 373 Å². The molecule has 0 aliphatic carbocycles. The number of benzene rings is 5. The Bertz CT molecular complexity index is 2940. The van der Waals surface area contributed by atoms with Crippen molar-refractivity contribution in [2.75, 3.05) is 62.4 Å². The van der Waals surface area contributed by atoms with Crippen molar-refractivity contribution in [3.8, 4) is 22.3 Å². The SMILES string of the molecule is CC(=O)N[C@@H]1[C@@H](O)C[C@](OCCCSCCNCc2ccc(CNCCSCCCO[C@]3(C(=O)O)C[C@H](O)[C@@H](NC(C)=O)[C@H](C(O)[C@H](O)CNC(=O)c4ccc(-c5ccccc5)cc4)O3)cc2)(C(=O)O)O[C@H]1C(O)[C@H](O)CNC(=O)c1ccc(-c2ccccc2)cc1. The van der Waals surface area contributed by atoms with Crippen LogP contribution in [0.3, 0.4) is 0 Å². The predicted octanol–water partition coefficient (Wildman–Crippen LogP) is 2.65. The number of ether oxygens (including phenoxy) is 4. The summed E-state index contributed by atoms with van der Waals surface area (Å²) in [5.74, 6) is -7.58. The molecule has 4 amide bonds. The van der Waals surface area contributed by atoms with Crippen molar-refractivity contribution in [2.45, 2.75) is 125 Å². The van der Waals surface area contributed by atoms with E-state index in [2.05, 4.69) is 31.9 Å². The van der Waals surface area contributed by atoms with Gasteiger partial charge in [-0.2, -0.15) is 23.5 Å². The van der Waals surface area contributed by atoms with Crippen molar-refractivity contribution in [2.24, 2.45) is 0 Å². The van der Waals surface area contributed by atoms with E-state index < -0.39 is 134 Å². The van der Waals surface area contributed by atoms with Gasteiger partial charge in [-0.1, -0.05) is 109 Å². The molecule has 92 heavy (non-hydrogen) atoms. The summed E-state index contributed by atoms with van der Waals surface area (Å²) < 4.78 is 23.3. The van der Waals surface area contributed by atoms with E-state index in [9.17, 15) is 69.6 Å². The molecular weight excluding hydrogens is 1230 g/mol. The molecular formula is C66H84N6O18S2. The van der Waals surface area contributed by atoms with Gasteiger partial charge in [0.15, 0.2) is 0 Å². The lowest BCUT2D eigenvalue weighted by molar-refractivity contribution is -0.310. The summed E-state index contributed by atoms with van der Waals surface area (Å²) in [6.07, 6.45) is -13.9. The Morgan fingerprint density at radius 3 is 1.20 bits per heavy atom. The van der Waals surface area contributed by atoms with Crippen LogP contribution in [0.4, 0.5) is 0 Å². The molecule has 0 radical (unpaired) electrons. The highest BCUT2D eigenvalue weighted by atomic mass is 32.2. The van der Waals surface area contributed by atoms with Crippen molar-refractivity contribution in [1.82, 2.24) is 31.9 Å². The molecule has 0 aromatic heterocycles. The predicted molar refractivity (Wildman–Crippen MR) is 345 cm³/mol. The Morgan fingerprint density at radius 1 is 0.511 bits per heavy atom. The minimum absolute atomic E-state index is 0.0846. The van der Waals surface area contributed by atoms with Crippen LogP contribution in [-0.4, -0.2) is 211 Å². The quantitative estimate of drug-likeness (QED) is 0.0256. The minimum atomic E-state index is -2.42. The Kier molecular flexibility index (Phi) is 28.4. The summed E-state index contributed by atoms with van der Waals surface area (Å²) in [4.78, 5) is 75.7. The summed E-state index contributed by atoms with van der Waals surface area (Å²) in [6.45, 7) is 3.87. The standard InChI is InChI=1S/C66H84N6O18S2/c1-41(73)71-55-51(75)35-65(63(83)84,89-59(55)57(79)53(77)39-69-61(81)49-23-19-47(20-24-49)45-11-5-3-6-12-45)87-29-9-31-91-33-27-67-37-43-15-17-44(18-16-43)38-68-28-34-92-32-10-30-88-66(64(85)86)36-52(76)56(72-42(2)74)60(90-66)58(80)54(78)40-70-62(82)50-25-21-48(22-26-50)46-13-7-4-8-14-46/h3-8,11-26,51-60,67-68,75-80H,9-10,27-40H2,1-2H3,(H,69,81)(H,70,82)(H,71,73)(H,72,74)(H,83,84)(H,85,86)/t51-,52-,53+,54+,55+,56+,57?,58?,59+,60+,65+,66+/m0/s1. The number of carboxylic acids is 2. The van der Waals surface area contributed by atoms with E-state index in [0.717, 1.165) is 44.9 Å². The maximum absolute atomic E-state index is 13.0. The molecule has 2 fully saturated rings. The van der Waals surface area contributed by atoms with E-state index in [1.165, 1.54) is 13.8 Å². The third kappa shape index (κ3) is 21.1. The van der Waals surface area contributed by atoms with Crippen molar-refractivity contribution < 1.29 is 88.6 Å². The maximum Gasteiger partial charge on any atom is 0.364 e. The van der Waals surface area contributed by atoms with E-state index in [1.807, 2.05) is 84.9 Å². The van der Waals surface area contributed by atoms with Crippen molar-refractivity contribution in [1.29, 1.82) is 0 Å². The number of carbonyl (C=O) groups excluding carboxylic acids is 4. The highest BCUT2D eigenvalue weighted by molar-refractivity contribution is 7.99. The number of amides is 4. The van der Waals surface area contributed by atoms with Crippen LogP contribution in [0.5, 0.6) is 0 Å². The summed E-state index contributed by atoms with van der Waals surface area (Å²) >= 11 is 3.23. The van der Waals surface area contributed by atoms with Gasteiger partial charge in [-0.15, -0.1) is 0 Å². The van der Waals surface area contributed by atoms with Crippen LogP contribution in [-0.2, 0) is 51.2 Å². The maximum atomic E-state index is 13.0. The molecule has 7 rings (SSSR count). The second-order valence-corrected chi connectivity index (χ2v) is 24.9. The van der Waals surface area contributed by atoms with Crippen LogP contribution in [0.1, 0.15) is 71.4 Å². The molecule has 2 heterocycles. The van der Waals surface area contributed by atoms with E-state index in [-0.39, 0.29) is 13.2 Å². The Labute approximate surface area is 542 Å². The van der Waals surface area contributed by atoms with Crippen molar-refractivity contribution in [3.63, 3.8) is 0 Å². The average Bonchev–Trinajstić information content (AvgIpc) is 0.780. The van der Waals surface area contributed by atoms with E-state index >= 15 is 0 Å². The number of carbonyl (C=O) groups is 6. The fourth-order valence-electron chi connectivity index (χ4n) is 10.6. The summed E-state index contributed by atoms with van der Waals surface area (Å²) in [6, 6.07) is 38.2. The number of aliphatic carboxylic acids is 2. The zero-order valence-electron chi connectivity index (χ0n) is 51.3. The Balaban J connectivity index is 0.750. The van der Waals surface area contributed by atoms with Crippen molar-refractivity contribution in [3.05, 3.63) is 156 Å². The van der Waals surface area contributed by atoms with Crippen LogP contribution in [0.25, 0.3) is 22.3 Å². The largest absolute Gasteiger partial charge is 0.477 e. The highest BCUT2D eigenvalue weighted by Crippen LogP contribution is 2.36. The number of hydrogen-bond acceptors (Lipinski definition) is 20. The Hall–Kier alpha value is -6.86. The Morgan fingerprint density at radius 2 is 0.859 bits per heavy atom. The van der Waals surface area contributed by atoms with E-state index in [1.54, 1.807) is 72.1 Å². The van der Waals surface area contributed by atoms with Crippen LogP contribution < -0.4 is 31.9 Å². The van der Waals surface area contributed by atoms with E-state index in [4.69, 9.17) is 18.9 Å². The van der Waals surface area contributed by atoms with Gasteiger partial charge in [0, 0.05) is 88.6 Å². The zero-order chi connectivity index (χ0) is 66.2. The lowest BCUT2D eigenvalue weighted by Crippen LogP contribution is -2.68. The monoisotopic (exact) mass is 1310 g/mol. The van der Waals surface area contributed by atoms with Gasteiger partial charge in [0.2, 0.25) is 11.8 Å². The molecule has 12 atom stereocenters. The molecule has 0 bridgehead atoms. The normalized spacial score (nSPS) is 22.7. The number of rotatable bonds is 36. The summed E-state index contributed by atoms with van der Waals surface area (Å²) in [7, 11) is 0. The number of carboxylic acid groups (broad SMARTS) is 2. The van der Waals surface area contributed by atoms with Gasteiger partial charge in [0.25, 0.3) is 23.4 Å². The van der Waals surface area contributed by atoms with Crippen LogP contribution >= 0.6 is 23.5 Å². The number of thioether (sulfide) groups is 2. The third-order valence-electron chi connectivity index (χ3n) is 15.5. The van der Waals surface area contributed by atoms with Crippen molar-refractivity contribution >= 4 is 59.1 Å². The molecule has 5 aromatic carbocycles. The van der Waals surface area contributed by atoms with Gasteiger partial charge in [-0.25, -0.2) is 9.59 Å². The average molecular weight is 1310 g/mol. The van der Waals surface area contributed by atoms with Gasteiger partial charge in [0.05, 0.1) is 49.7 Å². The van der Waals surface area contributed by atoms with Crippen LogP contribution in [0.2, 0.25) is 0 Å². The molecule has 0 spiro atoms. The molecule has 498 valence electrons. The third-order valence-corrected chi connectivity index (χ3v) is 17.7. The molecule has 2 aliphatic heterocycles. The molecule has 24 nitrogen and oxygen atoms in total. The number of aliphatic hydroxyl groups is 6. The highest BCUT2D eigenvalue weighted by Gasteiger charge is 2.57.